The summed E-state index contributed by atoms with van der Waals surface area (Å²) in [4.78, 5) is 11.1. The zero-order chi connectivity index (χ0) is 22.9. The number of benzene rings is 2. The minimum Gasteiger partial charge on any atom is -0.302 e. The highest BCUT2D eigenvalue weighted by Gasteiger charge is 2.09. The average molecular weight is 487 g/mol. The normalized spacial score (nSPS) is 12.4. The molecule has 0 bridgehead atoms. The van der Waals surface area contributed by atoms with Crippen molar-refractivity contribution in [3.63, 3.8) is 0 Å². The standard InChI is InChI=1S/C22H18N2O5S3/c1-3-19-10-11-20(30-19)14-24-18-9-6-15(21(12-18)31-29-28-25)4-5-16-7-8-17(23-2)13-22(16)32(26)27/h3-14,25H,1-2H2,(H,26,27)/b5-4+,24-14?. The molecule has 3 rings (SSSR count). The van der Waals surface area contributed by atoms with Crippen molar-refractivity contribution in [2.24, 2.45) is 9.98 Å². The first kappa shape index (κ1) is 24.0. The van der Waals surface area contributed by atoms with E-state index in [1.165, 1.54) is 6.07 Å². The fraction of sp³-hybridized carbons (Fsp3) is 0. The lowest BCUT2D eigenvalue weighted by Gasteiger charge is -2.06. The molecule has 0 fully saturated rings. The highest BCUT2D eigenvalue weighted by molar-refractivity contribution is 7.94. The van der Waals surface area contributed by atoms with E-state index in [1.807, 2.05) is 24.3 Å². The van der Waals surface area contributed by atoms with Crippen molar-refractivity contribution in [3.05, 3.63) is 76.0 Å². The Balaban J connectivity index is 1.89. The maximum atomic E-state index is 11.7. The molecule has 32 heavy (non-hydrogen) atoms. The summed E-state index contributed by atoms with van der Waals surface area (Å²) in [6, 6.07) is 14.2. The SMILES string of the molecule is C=Cc1ccc(C=Nc2ccc(/C=C/c3ccc(N=C)cc3S(=O)O)c(SOOO)c2)s1. The minimum absolute atomic E-state index is 0.214. The van der Waals surface area contributed by atoms with Crippen molar-refractivity contribution in [3.8, 4) is 0 Å². The van der Waals surface area contributed by atoms with Gasteiger partial charge in [-0.15, -0.1) is 15.7 Å². The van der Waals surface area contributed by atoms with Crippen LogP contribution < -0.4 is 0 Å². The van der Waals surface area contributed by atoms with Crippen LogP contribution >= 0.6 is 23.4 Å². The Hall–Kier alpha value is -2.70. The topological polar surface area (TPSA) is 101 Å². The summed E-state index contributed by atoms with van der Waals surface area (Å²) in [6.45, 7) is 7.18. The highest BCUT2D eigenvalue weighted by Crippen LogP contribution is 2.31. The van der Waals surface area contributed by atoms with Crippen LogP contribution in [-0.4, -0.2) is 27.0 Å². The first-order valence-corrected chi connectivity index (χ1v) is 11.7. The molecule has 0 aliphatic heterocycles. The maximum absolute atomic E-state index is 11.7. The molecule has 1 heterocycles. The van der Waals surface area contributed by atoms with E-state index in [0.717, 1.165) is 27.4 Å². The van der Waals surface area contributed by atoms with Crippen LogP contribution in [0.2, 0.25) is 0 Å². The van der Waals surface area contributed by atoms with E-state index in [4.69, 9.17) is 5.26 Å². The van der Waals surface area contributed by atoms with E-state index >= 15 is 0 Å². The molecule has 2 aromatic carbocycles. The molecule has 7 nitrogen and oxygen atoms in total. The van der Waals surface area contributed by atoms with Crippen molar-refractivity contribution in [1.82, 2.24) is 0 Å². The average Bonchev–Trinajstić information content (AvgIpc) is 3.28. The van der Waals surface area contributed by atoms with E-state index in [0.29, 0.717) is 21.8 Å². The lowest BCUT2D eigenvalue weighted by molar-refractivity contribution is -0.432. The fourth-order valence-electron chi connectivity index (χ4n) is 2.64. The predicted octanol–water partition coefficient (Wildman–Crippen LogP) is 6.65. The van der Waals surface area contributed by atoms with Gasteiger partial charge in [0.05, 0.1) is 28.3 Å². The van der Waals surface area contributed by atoms with Gasteiger partial charge in [-0.1, -0.05) is 42.0 Å². The molecule has 1 aromatic heterocycles. The minimum atomic E-state index is -2.19. The number of hydrogen-bond acceptors (Lipinski definition) is 8. The summed E-state index contributed by atoms with van der Waals surface area (Å²) in [5.41, 5.74) is 2.43. The van der Waals surface area contributed by atoms with Gasteiger partial charge in [0.2, 0.25) is 0 Å². The van der Waals surface area contributed by atoms with Crippen LogP contribution in [0.15, 0.2) is 74.9 Å². The van der Waals surface area contributed by atoms with Gasteiger partial charge in [0, 0.05) is 20.9 Å². The Morgan fingerprint density at radius 2 is 1.75 bits per heavy atom. The van der Waals surface area contributed by atoms with Crippen molar-refractivity contribution in [2.45, 2.75) is 9.79 Å². The summed E-state index contributed by atoms with van der Waals surface area (Å²) in [7, 11) is 0. The van der Waals surface area contributed by atoms with Gasteiger partial charge >= 0.3 is 0 Å². The number of hydrogen-bond donors (Lipinski definition) is 2. The molecule has 0 radical (unpaired) electrons. The monoisotopic (exact) mass is 486 g/mol. The predicted molar refractivity (Wildman–Crippen MR) is 132 cm³/mol. The molecule has 0 aliphatic rings. The van der Waals surface area contributed by atoms with Crippen LogP contribution in [0.25, 0.3) is 18.2 Å². The molecule has 0 spiro atoms. The Morgan fingerprint density at radius 1 is 1.03 bits per heavy atom. The molecule has 0 saturated carbocycles. The third-order valence-electron chi connectivity index (χ3n) is 4.15. The molecule has 10 heteroatoms. The van der Waals surface area contributed by atoms with E-state index in [2.05, 4.69) is 32.7 Å². The van der Waals surface area contributed by atoms with Crippen LogP contribution in [0.3, 0.4) is 0 Å². The number of rotatable bonds is 10. The third-order valence-corrected chi connectivity index (χ3v) is 6.56. The van der Waals surface area contributed by atoms with Gasteiger partial charge in [0.25, 0.3) is 0 Å². The Kier molecular flexibility index (Phi) is 8.82. The van der Waals surface area contributed by atoms with Crippen molar-refractivity contribution in [1.29, 1.82) is 0 Å². The second-order valence-electron chi connectivity index (χ2n) is 6.11. The Labute approximate surface area is 195 Å². The van der Waals surface area contributed by atoms with E-state index < -0.39 is 11.1 Å². The lowest BCUT2D eigenvalue weighted by atomic mass is 10.1. The molecule has 0 aliphatic carbocycles. The number of thiophene rings is 1. The second kappa shape index (κ2) is 11.8. The quantitative estimate of drug-likeness (QED) is 0.0830. The Bertz CT molecular complexity index is 1200. The van der Waals surface area contributed by atoms with E-state index in [9.17, 15) is 8.76 Å². The summed E-state index contributed by atoms with van der Waals surface area (Å²) in [6.07, 6.45) is 6.97. The molecular weight excluding hydrogens is 468 g/mol. The van der Waals surface area contributed by atoms with Crippen LogP contribution in [0.4, 0.5) is 11.4 Å². The van der Waals surface area contributed by atoms with Gasteiger partial charge in [-0.25, -0.2) is 9.47 Å². The van der Waals surface area contributed by atoms with Gasteiger partial charge in [0.15, 0.2) is 11.1 Å². The van der Waals surface area contributed by atoms with Gasteiger partial charge in [0.1, 0.15) is 0 Å². The van der Waals surface area contributed by atoms with Gasteiger partial charge in [-0.3, -0.25) is 9.98 Å². The molecule has 0 saturated heterocycles. The first-order chi connectivity index (χ1) is 15.5. The lowest BCUT2D eigenvalue weighted by Crippen LogP contribution is -1.92. The van der Waals surface area contributed by atoms with Crippen molar-refractivity contribution < 1.29 is 23.4 Å². The summed E-state index contributed by atoms with van der Waals surface area (Å²) >= 11 is 0.179. The molecule has 2 N–H and O–H groups in total. The fourth-order valence-corrected chi connectivity index (χ4v) is 4.44. The maximum Gasteiger partial charge on any atom is 0.187 e. The zero-order valence-electron chi connectivity index (χ0n) is 16.6. The molecule has 1 atom stereocenters. The van der Waals surface area contributed by atoms with Crippen LogP contribution in [0.1, 0.15) is 20.9 Å². The molecular formula is C22H18N2O5S3. The van der Waals surface area contributed by atoms with Gasteiger partial charge < -0.3 is 4.55 Å². The van der Waals surface area contributed by atoms with Crippen molar-refractivity contribution >= 4 is 77.0 Å². The molecule has 164 valence electrons. The third kappa shape index (κ3) is 6.40. The van der Waals surface area contributed by atoms with Gasteiger partial charge in [-0.05, 0) is 54.2 Å². The van der Waals surface area contributed by atoms with Crippen molar-refractivity contribution in [2.75, 3.05) is 0 Å². The van der Waals surface area contributed by atoms with Crippen LogP contribution in [0, 0.1) is 0 Å². The number of aliphatic imine (C=N–C) groups is 2. The van der Waals surface area contributed by atoms with Crippen LogP contribution in [-0.2, 0) is 20.5 Å². The zero-order valence-corrected chi connectivity index (χ0v) is 19.0. The summed E-state index contributed by atoms with van der Waals surface area (Å²) in [5.74, 6) is 0. The Morgan fingerprint density at radius 3 is 2.44 bits per heavy atom. The smallest absolute Gasteiger partial charge is 0.187 e. The van der Waals surface area contributed by atoms with Crippen LogP contribution in [0.5, 0.6) is 0 Å². The van der Waals surface area contributed by atoms with Gasteiger partial charge in [-0.2, -0.15) is 0 Å². The highest BCUT2D eigenvalue weighted by atomic mass is 32.2. The second-order valence-corrected chi connectivity index (χ2v) is 8.94. The van der Waals surface area contributed by atoms with E-state index in [1.54, 1.807) is 54.0 Å². The molecule has 1 unspecified atom stereocenters. The molecule has 0 amide bonds. The molecule has 3 aromatic rings. The largest absolute Gasteiger partial charge is 0.302 e. The summed E-state index contributed by atoms with van der Waals surface area (Å²) < 4.78 is 25.9. The first-order valence-electron chi connectivity index (χ1n) is 8.99. The summed E-state index contributed by atoms with van der Waals surface area (Å²) in [5, 5.41) is 12.3. The van der Waals surface area contributed by atoms with E-state index in [-0.39, 0.29) is 4.90 Å². The number of nitrogens with zero attached hydrogens (tertiary/aromatic N) is 2.